The quantitative estimate of drug-likeness (QED) is 0.530. The molecular weight excluding hydrogens is 124 g/mol. The van der Waals surface area contributed by atoms with Gasteiger partial charge < -0.3 is 9.80 Å². The lowest BCUT2D eigenvalue weighted by Crippen LogP contribution is -2.47. The number of likely N-dealkylation sites (N-methyl/N-ethyl adjacent to an activating group) is 1. The molecule has 58 valence electrons. The minimum absolute atomic E-state index is 0.673. The maximum Gasteiger partial charge on any atom is 0.0326 e. The van der Waals surface area contributed by atoms with Crippen LogP contribution in [0.5, 0.6) is 0 Å². The van der Waals surface area contributed by atoms with Gasteiger partial charge in [-0.25, -0.2) is 0 Å². The molecule has 0 unspecified atom stereocenters. The van der Waals surface area contributed by atoms with Crippen molar-refractivity contribution in [1.29, 1.82) is 0 Å². The Morgan fingerprint density at radius 3 is 2.70 bits per heavy atom. The molecule has 2 heteroatoms. The topological polar surface area (TPSA) is 6.48 Å². The van der Waals surface area contributed by atoms with Gasteiger partial charge in [-0.1, -0.05) is 6.58 Å². The molecule has 1 atom stereocenters. The highest BCUT2D eigenvalue weighted by atomic mass is 15.3. The van der Waals surface area contributed by atoms with Gasteiger partial charge in [-0.05, 0) is 20.2 Å². The fourth-order valence-electron chi connectivity index (χ4n) is 1.24. The molecule has 0 aromatic heterocycles. The molecule has 0 aromatic rings. The second kappa shape index (κ2) is 3.06. The third kappa shape index (κ3) is 1.51. The van der Waals surface area contributed by atoms with Gasteiger partial charge in [-0.3, -0.25) is 0 Å². The Labute approximate surface area is 63.1 Å². The highest BCUT2D eigenvalue weighted by Gasteiger charge is 2.17. The van der Waals surface area contributed by atoms with Crippen LogP contribution in [0, 0.1) is 0 Å². The van der Waals surface area contributed by atoms with Gasteiger partial charge in [0.2, 0.25) is 0 Å². The summed E-state index contributed by atoms with van der Waals surface area (Å²) in [5.74, 6) is 0. The molecule has 0 N–H and O–H groups in total. The Kier molecular flexibility index (Phi) is 2.33. The van der Waals surface area contributed by atoms with Crippen molar-refractivity contribution in [2.75, 3.05) is 26.7 Å². The van der Waals surface area contributed by atoms with Crippen LogP contribution in [0.4, 0.5) is 0 Å². The predicted molar refractivity (Wildman–Crippen MR) is 43.9 cm³/mol. The van der Waals surface area contributed by atoms with E-state index in [0.29, 0.717) is 6.04 Å². The van der Waals surface area contributed by atoms with Crippen molar-refractivity contribution >= 4 is 0 Å². The molecule has 10 heavy (non-hydrogen) atoms. The van der Waals surface area contributed by atoms with Gasteiger partial charge in [0.1, 0.15) is 0 Å². The van der Waals surface area contributed by atoms with E-state index >= 15 is 0 Å². The van der Waals surface area contributed by atoms with Gasteiger partial charge in [-0.15, -0.1) is 0 Å². The van der Waals surface area contributed by atoms with E-state index in [9.17, 15) is 0 Å². The third-order valence-electron chi connectivity index (χ3n) is 2.25. The lowest BCUT2D eigenvalue weighted by Gasteiger charge is -2.36. The minimum atomic E-state index is 0.673. The molecule has 1 heterocycles. The van der Waals surface area contributed by atoms with Crippen LogP contribution in [0.15, 0.2) is 12.8 Å². The average molecular weight is 140 g/mol. The highest BCUT2D eigenvalue weighted by molar-refractivity contribution is 4.81. The molecule has 2 nitrogen and oxygen atoms in total. The van der Waals surface area contributed by atoms with Crippen LogP contribution < -0.4 is 0 Å². The van der Waals surface area contributed by atoms with E-state index in [1.54, 1.807) is 0 Å². The standard InChI is InChI=1S/C8H16N2/c1-4-10-6-5-9(3)8(2)7-10/h4,8H,1,5-7H2,2-3H3/t8-/m1/s1. The van der Waals surface area contributed by atoms with E-state index in [1.165, 1.54) is 0 Å². The molecule has 0 amide bonds. The second-order valence-electron chi connectivity index (χ2n) is 3.01. The van der Waals surface area contributed by atoms with Crippen LogP contribution in [-0.2, 0) is 0 Å². The van der Waals surface area contributed by atoms with Crippen LogP contribution in [0.25, 0.3) is 0 Å². The number of rotatable bonds is 1. The van der Waals surface area contributed by atoms with Crippen LogP contribution >= 0.6 is 0 Å². The number of hydrogen-bond acceptors (Lipinski definition) is 2. The van der Waals surface area contributed by atoms with E-state index in [2.05, 4.69) is 30.4 Å². The molecule has 0 aliphatic carbocycles. The number of nitrogens with zero attached hydrogens (tertiary/aromatic N) is 2. The molecule has 1 saturated heterocycles. The van der Waals surface area contributed by atoms with Gasteiger partial charge in [0, 0.05) is 25.7 Å². The van der Waals surface area contributed by atoms with Crippen LogP contribution in [-0.4, -0.2) is 42.5 Å². The van der Waals surface area contributed by atoms with Crippen molar-refractivity contribution in [3.63, 3.8) is 0 Å². The number of piperazine rings is 1. The summed E-state index contributed by atoms with van der Waals surface area (Å²) in [5.41, 5.74) is 0. The zero-order chi connectivity index (χ0) is 7.56. The molecule has 1 aliphatic heterocycles. The zero-order valence-electron chi connectivity index (χ0n) is 6.88. The monoisotopic (exact) mass is 140 g/mol. The summed E-state index contributed by atoms with van der Waals surface area (Å²) >= 11 is 0. The SMILES string of the molecule is C=CN1CCN(C)[C@H](C)C1. The second-order valence-corrected chi connectivity index (χ2v) is 3.01. The third-order valence-corrected chi connectivity index (χ3v) is 2.25. The Morgan fingerprint density at radius 2 is 2.20 bits per heavy atom. The molecular formula is C8H16N2. The van der Waals surface area contributed by atoms with Gasteiger partial charge >= 0.3 is 0 Å². The normalized spacial score (nSPS) is 28.6. The molecule has 0 spiro atoms. The zero-order valence-corrected chi connectivity index (χ0v) is 6.88. The first-order valence-corrected chi connectivity index (χ1v) is 3.81. The largest absolute Gasteiger partial charge is 0.375 e. The molecule has 1 rings (SSSR count). The van der Waals surface area contributed by atoms with E-state index < -0.39 is 0 Å². The minimum Gasteiger partial charge on any atom is -0.375 e. The summed E-state index contributed by atoms with van der Waals surface area (Å²) < 4.78 is 0. The van der Waals surface area contributed by atoms with Crippen molar-refractivity contribution in [1.82, 2.24) is 9.80 Å². The van der Waals surface area contributed by atoms with Gasteiger partial charge in [-0.2, -0.15) is 0 Å². The lowest BCUT2D eigenvalue weighted by molar-refractivity contribution is 0.140. The summed E-state index contributed by atoms with van der Waals surface area (Å²) in [6.45, 7) is 9.41. The molecule has 0 radical (unpaired) electrons. The number of hydrogen-bond donors (Lipinski definition) is 0. The van der Waals surface area contributed by atoms with Crippen molar-refractivity contribution in [2.24, 2.45) is 0 Å². The Morgan fingerprint density at radius 1 is 1.50 bits per heavy atom. The first kappa shape index (κ1) is 7.61. The molecule has 1 aliphatic rings. The van der Waals surface area contributed by atoms with Crippen molar-refractivity contribution < 1.29 is 0 Å². The Bertz CT molecular complexity index is 122. The molecule has 0 saturated carbocycles. The van der Waals surface area contributed by atoms with Crippen molar-refractivity contribution in [3.8, 4) is 0 Å². The Hall–Kier alpha value is -0.500. The van der Waals surface area contributed by atoms with Gasteiger partial charge in [0.05, 0.1) is 0 Å². The summed E-state index contributed by atoms with van der Waals surface area (Å²) in [6, 6.07) is 0.673. The van der Waals surface area contributed by atoms with Crippen molar-refractivity contribution in [2.45, 2.75) is 13.0 Å². The van der Waals surface area contributed by atoms with E-state index in [0.717, 1.165) is 19.6 Å². The first-order valence-electron chi connectivity index (χ1n) is 3.81. The fraction of sp³-hybridized carbons (Fsp3) is 0.750. The average Bonchev–Trinajstić information content (AvgIpc) is 1.95. The van der Waals surface area contributed by atoms with Crippen LogP contribution in [0.2, 0.25) is 0 Å². The maximum atomic E-state index is 3.75. The lowest BCUT2D eigenvalue weighted by atomic mass is 10.2. The maximum absolute atomic E-state index is 3.75. The van der Waals surface area contributed by atoms with E-state index in [1.807, 2.05) is 6.20 Å². The first-order chi connectivity index (χ1) is 4.74. The predicted octanol–water partition coefficient (Wildman–Crippen LogP) is 0.766. The van der Waals surface area contributed by atoms with Crippen molar-refractivity contribution in [3.05, 3.63) is 12.8 Å². The summed E-state index contributed by atoms with van der Waals surface area (Å²) in [4.78, 5) is 4.64. The smallest absolute Gasteiger partial charge is 0.0326 e. The highest BCUT2D eigenvalue weighted by Crippen LogP contribution is 2.05. The van der Waals surface area contributed by atoms with E-state index in [-0.39, 0.29) is 0 Å². The molecule has 1 fully saturated rings. The summed E-state index contributed by atoms with van der Waals surface area (Å²) in [6.07, 6.45) is 1.93. The summed E-state index contributed by atoms with van der Waals surface area (Å²) in [7, 11) is 2.17. The molecule has 0 aromatic carbocycles. The van der Waals surface area contributed by atoms with Gasteiger partial charge in [0.15, 0.2) is 0 Å². The Balaban J connectivity index is 2.40. The summed E-state index contributed by atoms with van der Waals surface area (Å²) in [5, 5.41) is 0. The fourth-order valence-corrected chi connectivity index (χ4v) is 1.24. The van der Waals surface area contributed by atoms with E-state index in [4.69, 9.17) is 0 Å². The molecule has 0 bridgehead atoms. The van der Waals surface area contributed by atoms with Crippen LogP contribution in [0.1, 0.15) is 6.92 Å². The van der Waals surface area contributed by atoms with Gasteiger partial charge in [0.25, 0.3) is 0 Å². The van der Waals surface area contributed by atoms with Crippen LogP contribution in [0.3, 0.4) is 0 Å².